The van der Waals surface area contributed by atoms with Crippen molar-refractivity contribution in [3.05, 3.63) is 89.5 Å². The summed E-state index contributed by atoms with van der Waals surface area (Å²) in [5, 5.41) is 10.00. The first-order valence-corrected chi connectivity index (χ1v) is 13.8. The molecule has 0 radical (unpaired) electrons. The first-order valence-electron chi connectivity index (χ1n) is 12.1. The number of carbonyl (C=O) groups excluding carboxylic acids is 1. The second-order valence-corrected chi connectivity index (χ2v) is 11.5. The standard InChI is InChI=1S/C27H26F2N6OS2/c1-17-6-10-31-21(14-17)35-26-33-15-22(38-26)37-20-7-11-32-24(23(20)29)25(36)34-16-27(8-12-30-13-9-27)18-2-4-19(28)5-3-18/h2-7,10-11,14-15,30H,8-9,12-13,16H2,1H3,(H,34,36)(H,31,33,35). The van der Waals surface area contributed by atoms with E-state index in [0.717, 1.165) is 41.3 Å². The van der Waals surface area contributed by atoms with Crippen LogP contribution in [0, 0.1) is 18.6 Å². The fourth-order valence-corrected chi connectivity index (χ4v) is 6.33. The van der Waals surface area contributed by atoms with Crippen LogP contribution < -0.4 is 16.0 Å². The number of nitrogens with one attached hydrogen (secondary N) is 3. The Morgan fingerprint density at radius 1 is 1.08 bits per heavy atom. The molecule has 11 heteroatoms. The highest BCUT2D eigenvalue weighted by Crippen LogP contribution is 2.37. The molecule has 0 bridgehead atoms. The van der Waals surface area contributed by atoms with Gasteiger partial charge in [0.1, 0.15) is 11.6 Å². The van der Waals surface area contributed by atoms with E-state index in [1.54, 1.807) is 30.6 Å². The number of hydrogen-bond donors (Lipinski definition) is 3. The second-order valence-electron chi connectivity index (χ2n) is 9.12. The number of hydrogen-bond acceptors (Lipinski definition) is 8. The van der Waals surface area contributed by atoms with E-state index in [-0.39, 0.29) is 21.8 Å². The van der Waals surface area contributed by atoms with E-state index in [9.17, 15) is 9.18 Å². The number of benzene rings is 1. The van der Waals surface area contributed by atoms with Crippen LogP contribution in [0.25, 0.3) is 0 Å². The van der Waals surface area contributed by atoms with Gasteiger partial charge in [-0.3, -0.25) is 4.79 Å². The first kappa shape index (κ1) is 26.2. The lowest BCUT2D eigenvalue weighted by molar-refractivity contribution is 0.0927. The number of rotatable bonds is 8. The van der Waals surface area contributed by atoms with Gasteiger partial charge in [-0.05, 0) is 74.3 Å². The number of anilines is 2. The molecule has 1 saturated heterocycles. The van der Waals surface area contributed by atoms with Gasteiger partial charge in [-0.2, -0.15) is 0 Å². The normalized spacial score (nSPS) is 14.7. The number of aromatic nitrogens is 3. The van der Waals surface area contributed by atoms with Gasteiger partial charge in [-0.25, -0.2) is 23.7 Å². The molecular formula is C27H26F2N6OS2. The maximum Gasteiger partial charge on any atom is 0.273 e. The molecule has 196 valence electrons. The molecule has 3 aromatic heterocycles. The minimum absolute atomic E-state index is 0.259. The Bertz CT molecular complexity index is 1420. The zero-order valence-electron chi connectivity index (χ0n) is 20.6. The third-order valence-electron chi connectivity index (χ3n) is 6.52. The molecule has 1 amide bonds. The summed E-state index contributed by atoms with van der Waals surface area (Å²) in [6, 6.07) is 11.7. The monoisotopic (exact) mass is 552 g/mol. The molecule has 0 unspecified atom stereocenters. The van der Waals surface area contributed by atoms with Crippen molar-refractivity contribution in [3.8, 4) is 0 Å². The Balaban J connectivity index is 1.28. The van der Waals surface area contributed by atoms with Gasteiger partial charge >= 0.3 is 0 Å². The van der Waals surface area contributed by atoms with Crippen LogP contribution in [0.5, 0.6) is 0 Å². The summed E-state index contributed by atoms with van der Waals surface area (Å²) in [6.07, 6.45) is 6.33. The summed E-state index contributed by atoms with van der Waals surface area (Å²) < 4.78 is 29.7. The molecular weight excluding hydrogens is 526 g/mol. The highest BCUT2D eigenvalue weighted by Gasteiger charge is 2.35. The number of pyridine rings is 2. The number of halogens is 2. The Hall–Kier alpha value is -3.41. The van der Waals surface area contributed by atoms with E-state index in [1.165, 1.54) is 41.4 Å². The lowest BCUT2D eigenvalue weighted by Crippen LogP contribution is -2.47. The van der Waals surface area contributed by atoms with E-state index < -0.39 is 11.7 Å². The van der Waals surface area contributed by atoms with Gasteiger partial charge in [0.25, 0.3) is 5.91 Å². The fourth-order valence-electron chi connectivity index (χ4n) is 4.46. The molecule has 0 aliphatic carbocycles. The number of carbonyl (C=O) groups is 1. The minimum atomic E-state index is -0.681. The lowest BCUT2D eigenvalue weighted by Gasteiger charge is -2.38. The van der Waals surface area contributed by atoms with Crippen LogP contribution in [0.1, 0.15) is 34.5 Å². The average Bonchev–Trinajstić information content (AvgIpc) is 3.36. The van der Waals surface area contributed by atoms with Crippen LogP contribution in [0.3, 0.4) is 0 Å². The Morgan fingerprint density at radius 2 is 1.84 bits per heavy atom. The molecule has 1 aliphatic rings. The molecule has 0 atom stereocenters. The molecule has 1 aromatic carbocycles. The van der Waals surface area contributed by atoms with E-state index in [2.05, 4.69) is 30.9 Å². The zero-order valence-corrected chi connectivity index (χ0v) is 22.3. The largest absolute Gasteiger partial charge is 0.350 e. The summed E-state index contributed by atoms with van der Waals surface area (Å²) in [4.78, 5) is 26.0. The van der Waals surface area contributed by atoms with Crippen molar-refractivity contribution in [1.29, 1.82) is 0 Å². The number of aryl methyl sites for hydroxylation is 1. The smallest absolute Gasteiger partial charge is 0.273 e. The molecule has 1 aliphatic heterocycles. The van der Waals surface area contributed by atoms with Crippen molar-refractivity contribution in [2.45, 2.75) is 34.3 Å². The SMILES string of the molecule is Cc1ccnc(Nc2ncc(Sc3ccnc(C(=O)NCC4(c5ccc(F)cc5)CCNCC4)c3F)s2)c1. The maximum absolute atomic E-state index is 15.4. The van der Waals surface area contributed by atoms with Gasteiger partial charge < -0.3 is 16.0 Å². The van der Waals surface area contributed by atoms with Gasteiger partial charge in [0.15, 0.2) is 16.6 Å². The van der Waals surface area contributed by atoms with Crippen molar-refractivity contribution in [3.63, 3.8) is 0 Å². The Labute approximate surface area is 227 Å². The van der Waals surface area contributed by atoms with Gasteiger partial charge in [-0.15, -0.1) is 0 Å². The van der Waals surface area contributed by atoms with E-state index >= 15 is 4.39 Å². The van der Waals surface area contributed by atoms with Gasteiger partial charge in [0.05, 0.1) is 15.3 Å². The van der Waals surface area contributed by atoms with Crippen LogP contribution in [0.2, 0.25) is 0 Å². The van der Waals surface area contributed by atoms with Crippen molar-refractivity contribution < 1.29 is 13.6 Å². The van der Waals surface area contributed by atoms with Gasteiger partial charge in [0, 0.05) is 24.4 Å². The zero-order chi connectivity index (χ0) is 26.5. The van der Waals surface area contributed by atoms with Crippen LogP contribution in [-0.2, 0) is 5.41 Å². The first-order chi connectivity index (χ1) is 18.4. The summed E-state index contributed by atoms with van der Waals surface area (Å²) in [5.41, 5.74) is 1.40. The van der Waals surface area contributed by atoms with Gasteiger partial charge in [-0.1, -0.05) is 35.2 Å². The summed E-state index contributed by atoms with van der Waals surface area (Å²) in [6.45, 7) is 3.83. The topological polar surface area (TPSA) is 91.8 Å². The maximum atomic E-state index is 15.4. The van der Waals surface area contributed by atoms with Crippen LogP contribution in [-0.4, -0.2) is 40.5 Å². The number of nitrogens with zero attached hydrogens (tertiary/aromatic N) is 3. The predicted octanol–water partition coefficient (Wildman–Crippen LogP) is 5.47. The van der Waals surface area contributed by atoms with Crippen LogP contribution >= 0.6 is 23.1 Å². The lowest BCUT2D eigenvalue weighted by atomic mass is 9.73. The second kappa shape index (κ2) is 11.5. The highest BCUT2D eigenvalue weighted by molar-refractivity contribution is 8.01. The van der Waals surface area contributed by atoms with E-state index in [1.807, 2.05) is 19.1 Å². The van der Waals surface area contributed by atoms with Crippen molar-refractivity contribution >= 4 is 40.0 Å². The molecule has 4 heterocycles. The molecule has 7 nitrogen and oxygen atoms in total. The molecule has 0 spiro atoms. The van der Waals surface area contributed by atoms with Gasteiger partial charge in [0.2, 0.25) is 0 Å². The summed E-state index contributed by atoms with van der Waals surface area (Å²) in [5.74, 6) is -0.892. The quantitative estimate of drug-likeness (QED) is 0.267. The van der Waals surface area contributed by atoms with Crippen molar-refractivity contribution in [1.82, 2.24) is 25.6 Å². The Kier molecular flexibility index (Phi) is 7.96. The third-order valence-corrected chi connectivity index (χ3v) is 8.57. The van der Waals surface area contributed by atoms with Crippen molar-refractivity contribution in [2.24, 2.45) is 0 Å². The average molecular weight is 553 g/mol. The third kappa shape index (κ3) is 6.01. The minimum Gasteiger partial charge on any atom is -0.350 e. The van der Waals surface area contributed by atoms with Crippen molar-refractivity contribution in [2.75, 3.05) is 25.0 Å². The molecule has 4 aromatic rings. The summed E-state index contributed by atoms with van der Waals surface area (Å²) >= 11 is 2.54. The fraction of sp³-hybridized carbons (Fsp3) is 0.259. The van der Waals surface area contributed by atoms with E-state index in [4.69, 9.17) is 0 Å². The number of piperidine rings is 1. The molecule has 1 fully saturated rings. The highest BCUT2D eigenvalue weighted by atomic mass is 32.2. The van der Waals surface area contributed by atoms with E-state index in [0.29, 0.717) is 17.5 Å². The molecule has 5 rings (SSSR count). The molecule has 0 saturated carbocycles. The number of thiazole rings is 1. The molecule has 3 N–H and O–H groups in total. The predicted molar refractivity (Wildman–Crippen MR) is 145 cm³/mol. The number of amides is 1. The summed E-state index contributed by atoms with van der Waals surface area (Å²) in [7, 11) is 0. The van der Waals surface area contributed by atoms with Crippen LogP contribution in [0.4, 0.5) is 19.7 Å². The Morgan fingerprint density at radius 3 is 2.61 bits per heavy atom. The molecule has 38 heavy (non-hydrogen) atoms. The van der Waals surface area contributed by atoms with Crippen LogP contribution in [0.15, 0.2) is 70.2 Å².